The van der Waals surface area contributed by atoms with E-state index in [0.29, 0.717) is 18.2 Å². The van der Waals surface area contributed by atoms with Crippen LogP contribution < -0.4 is 15.2 Å². The van der Waals surface area contributed by atoms with Gasteiger partial charge in [0.05, 0.1) is 12.0 Å². The second-order valence-corrected chi connectivity index (χ2v) is 5.25. The molecule has 108 valence electrons. The summed E-state index contributed by atoms with van der Waals surface area (Å²) in [5.74, 6) is 2.64. The number of anilines is 1. The summed E-state index contributed by atoms with van der Waals surface area (Å²) in [6.45, 7) is 2.88. The van der Waals surface area contributed by atoms with Crippen LogP contribution in [0.4, 0.5) is 5.82 Å². The van der Waals surface area contributed by atoms with Crippen LogP contribution in [0.3, 0.4) is 0 Å². The number of nitrogens with zero attached hydrogens (tertiary/aromatic N) is 2. The van der Waals surface area contributed by atoms with Gasteiger partial charge in [0.15, 0.2) is 5.82 Å². The Balaban J connectivity index is 1.70. The van der Waals surface area contributed by atoms with E-state index in [0.717, 1.165) is 21.7 Å². The van der Waals surface area contributed by atoms with E-state index in [4.69, 9.17) is 15.2 Å². The van der Waals surface area contributed by atoms with Crippen LogP contribution in [0.1, 0.15) is 12.7 Å². The highest BCUT2D eigenvalue weighted by Crippen LogP contribution is 2.23. The third kappa shape index (κ3) is 3.05. The van der Waals surface area contributed by atoms with Gasteiger partial charge in [-0.15, -0.1) is 11.3 Å². The Morgan fingerprint density at radius 2 is 1.76 bits per heavy atom. The molecule has 5 nitrogen and oxygen atoms in total. The summed E-state index contributed by atoms with van der Waals surface area (Å²) < 4.78 is 11.1. The molecule has 6 heteroatoms. The van der Waals surface area contributed by atoms with Crippen molar-refractivity contribution in [2.45, 2.75) is 13.5 Å². The van der Waals surface area contributed by atoms with Gasteiger partial charge < -0.3 is 15.2 Å². The van der Waals surface area contributed by atoms with Gasteiger partial charge in [-0.1, -0.05) is 0 Å². The molecular formula is C15H15N3O2S. The zero-order chi connectivity index (χ0) is 14.7. The maximum atomic E-state index is 5.91. The Bertz CT molecular complexity index is 740. The normalized spacial score (nSPS) is 10.7. The molecule has 0 spiro atoms. The molecular weight excluding hydrogens is 286 g/mol. The average molecular weight is 301 g/mol. The van der Waals surface area contributed by atoms with E-state index in [1.807, 2.05) is 42.6 Å². The van der Waals surface area contributed by atoms with Gasteiger partial charge in [-0.2, -0.15) is 0 Å². The number of benzene rings is 1. The molecule has 0 unspecified atom stereocenters. The van der Waals surface area contributed by atoms with E-state index < -0.39 is 0 Å². The van der Waals surface area contributed by atoms with Crippen molar-refractivity contribution in [2.75, 3.05) is 12.3 Å². The van der Waals surface area contributed by atoms with Gasteiger partial charge in [-0.25, -0.2) is 9.97 Å². The summed E-state index contributed by atoms with van der Waals surface area (Å²) in [4.78, 5) is 9.58. The van der Waals surface area contributed by atoms with Crippen molar-refractivity contribution in [2.24, 2.45) is 0 Å². The van der Waals surface area contributed by atoms with E-state index in [-0.39, 0.29) is 6.61 Å². The Hall–Kier alpha value is -2.34. The molecule has 0 radical (unpaired) electrons. The van der Waals surface area contributed by atoms with Gasteiger partial charge in [-0.05, 0) is 42.6 Å². The largest absolute Gasteiger partial charge is 0.494 e. The van der Waals surface area contributed by atoms with Crippen molar-refractivity contribution < 1.29 is 9.47 Å². The molecule has 0 aliphatic carbocycles. The minimum absolute atomic E-state index is 0.284. The maximum Gasteiger partial charge on any atom is 0.169 e. The lowest BCUT2D eigenvalue weighted by atomic mass is 10.3. The third-order valence-corrected chi connectivity index (χ3v) is 3.71. The Kier molecular flexibility index (Phi) is 3.87. The lowest BCUT2D eigenvalue weighted by molar-refractivity contribution is 0.295. The molecule has 2 N–H and O–H groups in total. The number of hydrogen-bond acceptors (Lipinski definition) is 6. The summed E-state index contributed by atoms with van der Waals surface area (Å²) >= 11 is 1.54. The molecule has 0 aliphatic rings. The van der Waals surface area contributed by atoms with Crippen LogP contribution in [0.5, 0.6) is 11.5 Å². The molecule has 0 saturated carbocycles. The van der Waals surface area contributed by atoms with Crippen LogP contribution in [0.2, 0.25) is 0 Å². The first kappa shape index (κ1) is 13.6. The fourth-order valence-electron chi connectivity index (χ4n) is 1.94. The molecule has 21 heavy (non-hydrogen) atoms. The van der Waals surface area contributed by atoms with Crippen LogP contribution in [-0.4, -0.2) is 16.6 Å². The Labute approximate surface area is 126 Å². The molecule has 1 aromatic carbocycles. The van der Waals surface area contributed by atoms with Gasteiger partial charge in [0.2, 0.25) is 0 Å². The number of fused-ring (bicyclic) bond motifs is 1. The van der Waals surface area contributed by atoms with E-state index >= 15 is 0 Å². The fourth-order valence-corrected chi connectivity index (χ4v) is 2.73. The van der Waals surface area contributed by atoms with Gasteiger partial charge in [0.25, 0.3) is 0 Å². The van der Waals surface area contributed by atoms with Gasteiger partial charge in [0, 0.05) is 0 Å². The van der Waals surface area contributed by atoms with Crippen molar-refractivity contribution in [3.8, 4) is 11.5 Å². The number of rotatable bonds is 5. The van der Waals surface area contributed by atoms with Gasteiger partial charge >= 0.3 is 0 Å². The number of thiophene rings is 1. The number of ether oxygens (including phenoxy) is 2. The van der Waals surface area contributed by atoms with E-state index in [1.165, 1.54) is 0 Å². The lowest BCUT2D eigenvalue weighted by Gasteiger charge is -2.07. The molecule has 0 aliphatic heterocycles. The second kappa shape index (κ2) is 5.97. The first-order chi connectivity index (χ1) is 10.3. The maximum absolute atomic E-state index is 5.91. The summed E-state index contributed by atoms with van der Waals surface area (Å²) in [6, 6.07) is 9.38. The number of nitrogens with two attached hydrogens (primary N) is 1. The molecule has 0 saturated heterocycles. The molecule has 3 rings (SSSR count). The summed E-state index contributed by atoms with van der Waals surface area (Å²) in [6.07, 6.45) is 0. The molecule has 0 amide bonds. The SMILES string of the molecule is CCOc1ccc(OCc2nc(N)c3ccsc3n2)cc1. The lowest BCUT2D eigenvalue weighted by Crippen LogP contribution is -2.04. The molecule has 2 aromatic heterocycles. The zero-order valence-corrected chi connectivity index (χ0v) is 12.4. The highest BCUT2D eigenvalue weighted by atomic mass is 32.1. The van der Waals surface area contributed by atoms with Crippen molar-refractivity contribution in [3.05, 3.63) is 41.5 Å². The standard InChI is InChI=1S/C15H15N3O2S/c1-2-19-10-3-5-11(6-4-10)20-9-13-17-14(16)12-7-8-21-15(12)18-13/h3-8H,2,9H2,1H3,(H2,16,17,18). The molecule has 3 aromatic rings. The van der Waals surface area contributed by atoms with Crippen LogP contribution in [0, 0.1) is 0 Å². The quantitative estimate of drug-likeness (QED) is 0.783. The highest BCUT2D eigenvalue weighted by molar-refractivity contribution is 7.16. The monoisotopic (exact) mass is 301 g/mol. The highest BCUT2D eigenvalue weighted by Gasteiger charge is 2.07. The first-order valence-corrected chi connectivity index (χ1v) is 7.49. The summed E-state index contributed by atoms with van der Waals surface area (Å²) in [7, 11) is 0. The fraction of sp³-hybridized carbons (Fsp3) is 0.200. The zero-order valence-electron chi connectivity index (χ0n) is 11.6. The van der Waals surface area contributed by atoms with Crippen LogP contribution in [0.15, 0.2) is 35.7 Å². The second-order valence-electron chi connectivity index (χ2n) is 4.36. The predicted molar refractivity (Wildman–Crippen MR) is 83.8 cm³/mol. The van der Waals surface area contributed by atoms with Crippen molar-refractivity contribution in [1.29, 1.82) is 0 Å². The number of aromatic nitrogens is 2. The van der Waals surface area contributed by atoms with Gasteiger partial charge in [-0.3, -0.25) is 0 Å². The van der Waals surface area contributed by atoms with E-state index in [1.54, 1.807) is 11.3 Å². The Morgan fingerprint density at radius 3 is 2.48 bits per heavy atom. The van der Waals surface area contributed by atoms with E-state index in [9.17, 15) is 0 Å². The van der Waals surface area contributed by atoms with Crippen molar-refractivity contribution in [1.82, 2.24) is 9.97 Å². The molecule has 2 heterocycles. The van der Waals surface area contributed by atoms with E-state index in [2.05, 4.69) is 9.97 Å². The average Bonchev–Trinajstić information content (AvgIpc) is 2.96. The summed E-state index contributed by atoms with van der Waals surface area (Å²) in [5, 5.41) is 2.84. The molecule has 0 atom stereocenters. The Morgan fingerprint density at radius 1 is 1.05 bits per heavy atom. The smallest absolute Gasteiger partial charge is 0.169 e. The predicted octanol–water partition coefficient (Wildman–Crippen LogP) is 3.25. The summed E-state index contributed by atoms with van der Waals surface area (Å²) in [5.41, 5.74) is 5.91. The minimum atomic E-state index is 0.284. The van der Waals surface area contributed by atoms with Crippen molar-refractivity contribution >= 4 is 27.4 Å². The van der Waals surface area contributed by atoms with Gasteiger partial charge in [0.1, 0.15) is 28.8 Å². The third-order valence-electron chi connectivity index (χ3n) is 2.90. The number of nitrogen functional groups attached to an aromatic ring is 1. The van der Waals surface area contributed by atoms with Crippen LogP contribution in [-0.2, 0) is 6.61 Å². The van der Waals surface area contributed by atoms with Crippen molar-refractivity contribution in [3.63, 3.8) is 0 Å². The molecule has 0 fully saturated rings. The molecule has 0 bridgehead atoms. The first-order valence-electron chi connectivity index (χ1n) is 6.61. The van der Waals surface area contributed by atoms with Crippen LogP contribution >= 0.6 is 11.3 Å². The van der Waals surface area contributed by atoms with Crippen LogP contribution in [0.25, 0.3) is 10.2 Å². The number of hydrogen-bond donors (Lipinski definition) is 1. The topological polar surface area (TPSA) is 70.3 Å². The minimum Gasteiger partial charge on any atom is -0.494 e.